The van der Waals surface area contributed by atoms with Crippen LogP contribution >= 0.6 is 0 Å². The third-order valence-corrected chi connectivity index (χ3v) is 9.17. The summed E-state index contributed by atoms with van der Waals surface area (Å²) in [4.78, 5) is 11.1. The number of hydrogen-bond acceptors (Lipinski definition) is 4. The summed E-state index contributed by atoms with van der Waals surface area (Å²) in [7, 11) is 0. The molecular formula is C24H36O5. The maximum Gasteiger partial charge on any atom is 0.303 e. The van der Waals surface area contributed by atoms with Crippen LogP contribution in [0.1, 0.15) is 65.7 Å². The molecule has 5 nitrogen and oxygen atoms in total. The molecule has 0 radical (unpaired) electrons. The Morgan fingerprint density at radius 2 is 1.90 bits per heavy atom. The van der Waals surface area contributed by atoms with Gasteiger partial charge in [0.1, 0.15) is 0 Å². The number of fused-ring (bicyclic) bond motifs is 5. The third-order valence-electron chi connectivity index (χ3n) is 9.17. The van der Waals surface area contributed by atoms with Crippen molar-refractivity contribution in [2.45, 2.75) is 84.0 Å². The summed E-state index contributed by atoms with van der Waals surface area (Å²) in [6.45, 7) is 6.49. The summed E-state index contributed by atoms with van der Waals surface area (Å²) in [6.07, 6.45) is 7.41. The average molecular weight is 405 g/mol. The summed E-state index contributed by atoms with van der Waals surface area (Å²) in [5.74, 6) is -0.109. The molecule has 2 fully saturated rings. The van der Waals surface area contributed by atoms with Crippen molar-refractivity contribution in [1.29, 1.82) is 0 Å². The molecule has 0 aromatic rings. The summed E-state index contributed by atoms with van der Waals surface area (Å²) in [5, 5.41) is 41.7. The van der Waals surface area contributed by atoms with Gasteiger partial charge in [0.15, 0.2) is 0 Å². The van der Waals surface area contributed by atoms with Gasteiger partial charge in [0.2, 0.25) is 0 Å². The number of carboxylic acid groups (broad SMARTS) is 1. The van der Waals surface area contributed by atoms with Gasteiger partial charge in [-0.3, -0.25) is 4.79 Å². The first-order valence-corrected chi connectivity index (χ1v) is 11.3. The molecule has 9 atom stereocenters. The fourth-order valence-corrected chi connectivity index (χ4v) is 7.45. The molecule has 0 unspecified atom stereocenters. The van der Waals surface area contributed by atoms with Crippen LogP contribution in [0.4, 0.5) is 0 Å². The number of carbonyl (C=O) groups is 1. The Bertz CT molecular complexity index is 742. The Morgan fingerprint density at radius 1 is 1.17 bits per heavy atom. The summed E-state index contributed by atoms with van der Waals surface area (Å²) in [6, 6.07) is 0. The average Bonchev–Trinajstić information content (AvgIpc) is 3.01. The van der Waals surface area contributed by atoms with Crippen LogP contribution in [0.5, 0.6) is 0 Å². The predicted molar refractivity (Wildman–Crippen MR) is 110 cm³/mol. The van der Waals surface area contributed by atoms with E-state index in [1.54, 1.807) is 0 Å². The molecule has 0 saturated heterocycles. The van der Waals surface area contributed by atoms with Crippen molar-refractivity contribution in [3.05, 3.63) is 23.3 Å². The van der Waals surface area contributed by atoms with Gasteiger partial charge >= 0.3 is 5.97 Å². The predicted octanol–water partition coefficient (Wildman–Crippen LogP) is 3.29. The third kappa shape index (κ3) is 3.12. The van der Waals surface area contributed by atoms with Crippen LogP contribution in [0.3, 0.4) is 0 Å². The molecule has 4 rings (SSSR count). The smallest absolute Gasteiger partial charge is 0.303 e. The molecule has 5 heteroatoms. The van der Waals surface area contributed by atoms with Crippen LogP contribution in [-0.2, 0) is 4.79 Å². The standard InChI is InChI=1S/C24H36O5/c1-13(4-7-21(28)29)16-5-6-17-22-18(12-20(27)24(16,17)3)23(2)9-8-15(25)10-14(23)11-19(22)26/h11-13,15-17,19-20,22,25-27H,4-10H2,1-3H3,(H,28,29)/t13-,15+,16-,17-,19-,20-,22-,23+,24-/m1/s1. The van der Waals surface area contributed by atoms with Gasteiger partial charge in [0, 0.05) is 23.2 Å². The van der Waals surface area contributed by atoms with E-state index >= 15 is 0 Å². The second-order valence-electron chi connectivity index (χ2n) is 10.6. The maximum atomic E-state index is 11.4. The molecule has 0 aromatic carbocycles. The minimum absolute atomic E-state index is 0.00377. The van der Waals surface area contributed by atoms with Gasteiger partial charge in [0.25, 0.3) is 0 Å². The zero-order valence-corrected chi connectivity index (χ0v) is 17.8. The highest BCUT2D eigenvalue weighted by molar-refractivity contribution is 5.66. The molecule has 0 heterocycles. The minimum Gasteiger partial charge on any atom is -0.481 e. The highest BCUT2D eigenvalue weighted by Gasteiger charge is 2.61. The minimum atomic E-state index is -0.768. The van der Waals surface area contributed by atoms with Crippen LogP contribution in [0, 0.1) is 34.5 Å². The fraction of sp³-hybridized carbons (Fsp3) is 0.792. The number of hydrogen-bond donors (Lipinski definition) is 4. The highest BCUT2D eigenvalue weighted by atomic mass is 16.4. The molecule has 4 N–H and O–H groups in total. The molecule has 4 aliphatic carbocycles. The van der Waals surface area contributed by atoms with Gasteiger partial charge in [-0.1, -0.05) is 44.1 Å². The van der Waals surface area contributed by atoms with Crippen molar-refractivity contribution in [2.75, 3.05) is 0 Å². The Balaban J connectivity index is 1.69. The first kappa shape index (κ1) is 21.1. The molecule has 4 aliphatic rings. The van der Waals surface area contributed by atoms with E-state index < -0.39 is 18.2 Å². The quantitative estimate of drug-likeness (QED) is 0.539. The van der Waals surface area contributed by atoms with Gasteiger partial charge in [-0.2, -0.15) is 0 Å². The Labute approximate surface area is 173 Å². The molecule has 0 aromatic heterocycles. The lowest BCUT2D eigenvalue weighted by Gasteiger charge is -2.56. The van der Waals surface area contributed by atoms with E-state index in [4.69, 9.17) is 5.11 Å². The summed E-state index contributed by atoms with van der Waals surface area (Å²) in [5.41, 5.74) is 1.76. The van der Waals surface area contributed by atoms with E-state index in [1.165, 1.54) is 5.57 Å². The van der Waals surface area contributed by atoms with Crippen molar-refractivity contribution < 1.29 is 25.2 Å². The van der Waals surface area contributed by atoms with Crippen molar-refractivity contribution >= 4 is 5.97 Å². The highest BCUT2D eigenvalue weighted by Crippen LogP contribution is 2.65. The van der Waals surface area contributed by atoms with Crippen LogP contribution in [-0.4, -0.2) is 44.7 Å². The van der Waals surface area contributed by atoms with E-state index in [2.05, 4.69) is 20.8 Å². The first-order valence-electron chi connectivity index (χ1n) is 11.3. The fourth-order valence-electron chi connectivity index (χ4n) is 7.45. The maximum absolute atomic E-state index is 11.4. The molecule has 0 aliphatic heterocycles. The molecule has 0 bridgehead atoms. The largest absolute Gasteiger partial charge is 0.481 e. The van der Waals surface area contributed by atoms with Crippen LogP contribution in [0.15, 0.2) is 23.3 Å². The molecule has 2 saturated carbocycles. The lowest BCUT2D eigenvalue weighted by molar-refractivity contribution is -0.137. The number of carboxylic acids is 1. The van der Waals surface area contributed by atoms with Gasteiger partial charge in [-0.05, 0) is 56.3 Å². The van der Waals surface area contributed by atoms with Crippen LogP contribution < -0.4 is 0 Å². The van der Waals surface area contributed by atoms with Crippen LogP contribution in [0.25, 0.3) is 0 Å². The zero-order valence-electron chi connectivity index (χ0n) is 17.8. The molecule has 162 valence electrons. The summed E-state index contributed by atoms with van der Waals surface area (Å²) >= 11 is 0. The van der Waals surface area contributed by atoms with E-state index in [1.807, 2.05) is 12.2 Å². The number of rotatable bonds is 4. The number of aliphatic hydroxyl groups excluding tert-OH is 3. The van der Waals surface area contributed by atoms with E-state index in [0.29, 0.717) is 12.8 Å². The SMILES string of the molecule is C[C@H](CCC(=O)O)[C@H]1CC[C@@H]2[C@@H]3C(=C[C@@H](O)[C@@]21C)[C@@]1(C)CC[C@H](O)CC1=C[C@H]3O. The van der Waals surface area contributed by atoms with Crippen LogP contribution in [0.2, 0.25) is 0 Å². The van der Waals surface area contributed by atoms with E-state index in [-0.39, 0.29) is 47.0 Å². The Hall–Kier alpha value is -1.17. The second-order valence-corrected chi connectivity index (χ2v) is 10.6. The van der Waals surface area contributed by atoms with E-state index in [9.17, 15) is 20.1 Å². The van der Waals surface area contributed by atoms with Crippen molar-refractivity contribution in [2.24, 2.45) is 34.5 Å². The number of aliphatic hydroxyl groups is 3. The zero-order chi connectivity index (χ0) is 21.1. The second kappa shape index (κ2) is 7.21. The molecule has 0 spiro atoms. The van der Waals surface area contributed by atoms with Gasteiger partial charge in [0.05, 0.1) is 18.3 Å². The van der Waals surface area contributed by atoms with Crippen molar-refractivity contribution in [3.8, 4) is 0 Å². The topological polar surface area (TPSA) is 98.0 Å². The lowest BCUT2D eigenvalue weighted by atomic mass is 9.50. The normalized spacial score (nSPS) is 47.4. The molecule has 0 amide bonds. The van der Waals surface area contributed by atoms with Gasteiger partial charge in [-0.25, -0.2) is 0 Å². The number of aliphatic carboxylic acids is 1. The first-order chi connectivity index (χ1) is 13.6. The van der Waals surface area contributed by atoms with Gasteiger partial charge < -0.3 is 20.4 Å². The summed E-state index contributed by atoms with van der Waals surface area (Å²) < 4.78 is 0. The lowest BCUT2D eigenvalue weighted by Crippen LogP contribution is -2.54. The van der Waals surface area contributed by atoms with E-state index in [0.717, 1.165) is 31.3 Å². The Morgan fingerprint density at radius 3 is 2.59 bits per heavy atom. The van der Waals surface area contributed by atoms with Crippen molar-refractivity contribution in [1.82, 2.24) is 0 Å². The molecular weight excluding hydrogens is 368 g/mol. The molecule has 29 heavy (non-hydrogen) atoms. The van der Waals surface area contributed by atoms with Crippen molar-refractivity contribution in [3.63, 3.8) is 0 Å². The monoisotopic (exact) mass is 404 g/mol. The Kier molecular flexibility index (Phi) is 5.24. The van der Waals surface area contributed by atoms with Gasteiger partial charge in [-0.15, -0.1) is 0 Å².